The molecule has 2 rings (SSSR count). The number of nitrogens with two attached hydrogens (primary N) is 1. The molecule has 0 saturated carbocycles. The van der Waals surface area contributed by atoms with Gasteiger partial charge in [0.1, 0.15) is 0 Å². The zero-order chi connectivity index (χ0) is 15.2. The monoisotopic (exact) mass is 282 g/mol. The van der Waals surface area contributed by atoms with Gasteiger partial charge in [-0.15, -0.1) is 0 Å². The Morgan fingerprint density at radius 3 is 2.10 bits per heavy atom. The van der Waals surface area contributed by atoms with Crippen LogP contribution in [0.4, 0.5) is 0 Å². The van der Waals surface area contributed by atoms with E-state index in [0.717, 1.165) is 19.6 Å². The molecule has 0 bridgehead atoms. The molecule has 112 valence electrons. The van der Waals surface area contributed by atoms with E-state index in [4.69, 9.17) is 5.73 Å². The topological polar surface area (TPSA) is 29.3 Å². The third-order valence-corrected chi connectivity index (χ3v) is 3.92. The van der Waals surface area contributed by atoms with Crippen LogP contribution in [0.3, 0.4) is 0 Å². The molecule has 0 aromatic heterocycles. The van der Waals surface area contributed by atoms with Gasteiger partial charge < -0.3 is 5.73 Å². The Kier molecular flexibility index (Phi) is 5.54. The van der Waals surface area contributed by atoms with E-state index < -0.39 is 0 Å². The molecule has 2 aromatic carbocycles. The van der Waals surface area contributed by atoms with Crippen LogP contribution < -0.4 is 5.73 Å². The summed E-state index contributed by atoms with van der Waals surface area (Å²) in [7, 11) is 0. The third kappa shape index (κ3) is 4.42. The Morgan fingerprint density at radius 2 is 1.52 bits per heavy atom. The van der Waals surface area contributed by atoms with Crippen molar-refractivity contribution in [1.29, 1.82) is 0 Å². The highest BCUT2D eigenvalue weighted by Crippen LogP contribution is 2.19. The van der Waals surface area contributed by atoms with Crippen LogP contribution in [0, 0.1) is 20.8 Å². The number of nitrogens with zero attached hydrogens (tertiary/aromatic N) is 1. The number of aryl methyl sites for hydroxylation is 3. The first-order valence-corrected chi connectivity index (χ1v) is 7.63. The molecule has 0 atom stereocenters. The van der Waals surface area contributed by atoms with E-state index >= 15 is 0 Å². The van der Waals surface area contributed by atoms with Crippen molar-refractivity contribution in [3.63, 3.8) is 0 Å². The summed E-state index contributed by atoms with van der Waals surface area (Å²) in [6.07, 6.45) is 0. The van der Waals surface area contributed by atoms with Crippen molar-refractivity contribution in [3.8, 4) is 0 Å². The van der Waals surface area contributed by atoms with Gasteiger partial charge in [-0.2, -0.15) is 0 Å². The second-order valence-corrected chi connectivity index (χ2v) is 5.86. The Hall–Kier alpha value is -1.64. The van der Waals surface area contributed by atoms with E-state index in [1.54, 1.807) is 0 Å². The van der Waals surface area contributed by atoms with E-state index in [1.165, 1.54) is 27.8 Å². The molecule has 2 nitrogen and oxygen atoms in total. The highest BCUT2D eigenvalue weighted by atomic mass is 15.1. The smallest absolute Gasteiger partial charge is 0.0243 e. The molecular formula is C19H26N2. The average Bonchev–Trinajstić information content (AvgIpc) is 2.44. The van der Waals surface area contributed by atoms with Gasteiger partial charge in [0.05, 0.1) is 0 Å². The molecule has 2 N–H and O–H groups in total. The molecule has 0 spiro atoms. The van der Waals surface area contributed by atoms with Crippen LogP contribution in [-0.4, -0.2) is 18.0 Å². The van der Waals surface area contributed by atoms with Crippen LogP contribution >= 0.6 is 0 Å². The first-order valence-electron chi connectivity index (χ1n) is 7.63. The molecule has 21 heavy (non-hydrogen) atoms. The highest BCUT2D eigenvalue weighted by Gasteiger charge is 2.10. The van der Waals surface area contributed by atoms with Crippen LogP contribution in [0.5, 0.6) is 0 Å². The molecule has 0 radical (unpaired) electrons. The summed E-state index contributed by atoms with van der Waals surface area (Å²) in [5.41, 5.74) is 12.7. The molecule has 0 aliphatic heterocycles. The van der Waals surface area contributed by atoms with Gasteiger partial charge in [0.15, 0.2) is 0 Å². The van der Waals surface area contributed by atoms with E-state index in [1.807, 2.05) is 0 Å². The summed E-state index contributed by atoms with van der Waals surface area (Å²) in [5, 5.41) is 0. The van der Waals surface area contributed by atoms with Gasteiger partial charge in [-0.3, -0.25) is 4.90 Å². The van der Waals surface area contributed by atoms with Gasteiger partial charge in [-0.05, 0) is 43.0 Å². The van der Waals surface area contributed by atoms with Crippen LogP contribution in [0.2, 0.25) is 0 Å². The third-order valence-electron chi connectivity index (χ3n) is 3.92. The van der Waals surface area contributed by atoms with Gasteiger partial charge in [-0.25, -0.2) is 0 Å². The fourth-order valence-corrected chi connectivity index (χ4v) is 2.92. The Morgan fingerprint density at radius 1 is 0.905 bits per heavy atom. The summed E-state index contributed by atoms with van der Waals surface area (Å²) in [5.74, 6) is 0. The minimum atomic E-state index is 0.691. The standard InChI is InChI=1S/C19H26N2/c1-15-11-16(2)19(17(3)12-15)14-21(10-9-20)13-18-7-5-4-6-8-18/h4-8,11-12H,9-10,13-14,20H2,1-3H3. The lowest BCUT2D eigenvalue weighted by Gasteiger charge is -2.24. The summed E-state index contributed by atoms with van der Waals surface area (Å²) < 4.78 is 0. The maximum Gasteiger partial charge on any atom is 0.0243 e. The molecule has 0 amide bonds. The van der Waals surface area contributed by atoms with Crippen molar-refractivity contribution >= 4 is 0 Å². The number of benzene rings is 2. The fraction of sp³-hybridized carbons (Fsp3) is 0.368. The second kappa shape index (κ2) is 7.39. The quantitative estimate of drug-likeness (QED) is 0.877. The van der Waals surface area contributed by atoms with Crippen LogP contribution in [0.25, 0.3) is 0 Å². The second-order valence-electron chi connectivity index (χ2n) is 5.86. The Balaban J connectivity index is 2.17. The maximum absolute atomic E-state index is 5.80. The van der Waals surface area contributed by atoms with E-state index in [2.05, 4.69) is 68.1 Å². The zero-order valence-corrected chi connectivity index (χ0v) is 13.4. The Bertz CT molecular complexity index is 552. The number of rotatable bonds is 6. The van der Waals surface area contributed by atoms with Gasteiger partial charge in [-0.1, -0.05) is 48.0 Å². The van der Waals surface area contributed by atoms with Gasteiger partial charge in [0.2, 0.25) is 0 Å². The summed E-state index contributed by atoms with van der Waals surface area (Å²) in [4.78, 5) is 2.43. The minimum Gasteiger partial charge on any atom is -0.329 e. The van der Waals surface area contributed by atoms with Crippen molar-refractivity contribution in [2.24, 2.45) is 5.73 Å². The van der Waals surface area contributed by atoms with E-state index in [9.17, 15) is 0 Å². The molecule has 0 unspecified atom stereocenters. The fourth-order valence-electron chi connectivity index (χ4n) is 2.92. The minimum absolute atomic E-state index is 0.691. The molecule has 0 aliphatic rings. The largest absolute Gasteiger partial charge is 0.329 e. The highest BCUT2D eigenvalue weighted by molar-refractivity contribution is 5.37. The number of hydrogen-bond donors (Lipinski definition) is 1. The summed E-state index contributed by atoms with van der Waals surface area (Å²) >= 11 is 0. The van der Waals surface area contributed by atoms with Crippen molar-refractivity contribution < 1.29 is 0 Å². The van der Waals surface area contributed by atoms with Crippen LogP contribution in [0.1, 0.15) is 27.8 Å². The van der Waals surface area contributed by atoms with Gasteiger partial charge >= 0.3 is 0 Å². The maximum atomic E-state index is 5.80. The molecular weight excluding hydrogens is 256 g/mol. The Labute approximate surface area is 128 Å². The van der Waals surface area contributed by atoms with Gasteiger partial charge in [0, 0.05) is 26.2 Å². The lowest BCUT2D eigenvalue weighted by atomic mass is 9.99. The average molecular weight is 282 g/mol. The molecule has 2 heteroatoms. The predicted octanol–water partition coefficient (Wildman–Crippen LogP) is 3.57. The van der Waals surface area contributed by atoms with Crippen LogP contribution in [-0.2, 0) is 13.1 Å². The lowest BCUT2D eigenvalue weighted by Crippen LogP contribution is -2.29. The molecule has 0 saturated heterocycles. The van der Waals surface area contributed by atoms with Crippen molar-refractivity contribution in [2.75, 3.05) is 13.1 Å². The molecule has 0 fully saturated rings. The first kappa shape index (κ1) is 15.7. The van der Waals surface area contributed by atoms with Gasteiger partial charge in [0.25, 0.3) is 0 Å². The first-order chi connectivity index (χ1) is 10.1. The van der Waals surface area contributed by atoms with Crippen LogP contribution in [0.15, 0.2) is 42.5 Å². The zero-order valence-electron chi connectivity index (χ0n) is 13.4. The predicted molar refractivity (Wildman–Crippen MR) is 90.3 cm³/mol. The van der Waals surface area contributed by atoms with Crippen molar-refractivity contribution in [3.05, 3.63) is 70.3 Å². The van der Waals surface area contributed by atoms with E-state index in [0.29, 0.717) is 6.54 Å². The summed E-state index contributed by atoms with van der Waals surface area (Å²) in [6.45, 7) is 10.1. The normalized spacial score (nSPS) is 11.1. The number of hydrogen-bond acceptors (Lipinski definition) is 2. The summed E-state index contributed by atoms with van der Waals surface area (Å²) in [6, 6.07) is 15.1. The lowest BCUT2D eigenvalue weighted by molar-refractivity contribution is 0.263. The molecule has 0 heterocycles. The van der Waals surface area contributed by atoms with E-state index in [-0.39, 0.29) is 0 Å². The van der Waals surface area contributed by atoms with Crippen molar-refractivity contribution in [2.45, 2.75) is 33.9 Å². The SMILES string of the molecule is Cc1cc(C)c(CN(CCN)Cc2ccccc2)c(C)c1. The molecule has 0 aliphatic carbocycles. The van der Waals surface area contributed by atoms with Crippen molar-refractivity contribution in [1.82, 2.24) is 4.90 Å². The molecule has 2 aromatic rings.